The minimum atomic E-state index is -0.368. The number of carbonyl (C=O) groups is 1. The van der Waals surface area contributed by atoms with Gasteiger partial charge in [0.2, 0.25) is 5.75 Å². The molecule has 6 nitrogen and oxygen atoms in total. The number of thiophene rings is 1. The maximum Gasteiger partial charge on any atom is 0.283 e. The topological polar surface area (TPSA) is 69.2 Å². The number of halogens is 1. The van der Waals surface area contributed by atoms with Gasteiger partial charge in [0.05, 0.1) is 32.6 Å². The second kappa shape index (κ2) is 8.50. The van der Waals surface area contributed by atoms with Crippen LogP contribution in [0.1, 0.15) is 20.8 Å². The zero-order valence-electron chi connectivity index (χ0n) is 15.8. The first kappa shape index (κ1) is 20.0. The normalized spacial score (nSPS) is 11.0. The molecule has 146 valence electrons. The third-order valence-electron chi connectivity index (χ3n) is 4.06. The van der Waals surface area contributed by atoms with Gasteiger partial charge in [-0.05, 0) is 30.7 Å². The van der Waals surface area contributed by atoms with Crippen LogP contribution in [0.2, 0.25) is 5.02 Å². The molecule has 2 aromatic carbocycles. The van der Waals surface area contributed by atoms with Gasteiger partial charge < -0.3 is 14.2 Å². The largest absolute Gasteiger partial charge is 0.493 e. The lowest BCUT2D eigenvalue weighted by molar-refractivity contribution is 0.0959. The molecule has 3 aromatic rings. The number of nitrogens with one attached hydrogen (secondary N) is 1. The Labute approximate surface area is 171 Å². The molecular weight excluding hydrogens is 400 g/mol. The van der Waals surface area contributed by atoms with Crippen molar-refractivity contribution in [1.29, 1.82) is 0 Å². The van der Waals surface area contributed by atoms with Crippen molar-refractivity contribution in [3.05, 3.63) is 51.4 Å². The molecule has 1 aromatic heterocycles. The molecule has 0 saturated carbocycles. The van der Waals surface area contributed by atoms with E-state index in [4.69, 9.17) is 25.8 Å². The zero-order chi connectivity index (χ0) is 20.3. The monoisotopic (exact) mass is 418 g/mol. The molecule has 0 aliphatic heterocycles. The van der Waals surface area contributed by atoms with Gasteiger partial charge in [-0.15, -0.1) is 11.3 Å². The molecular formula is C20H19ClN2O4S. The average Bonchev–Trinajstić information content (AvgIpc) is 3.02. The number of hydrazone groups is 1. The molecule has 28 heavy (non-hydrogen) atoms. The van der Waals surface area contributed by atoms with Gasteiger partial charge >= 0.3 is 0 Å². The summed E-state index contributed by atoms with van der Waals surface area (Å²) in [4.78, 5) is 12.9. The first-order chi connectivity index (χ1) is 13.5. The molecule has 0 unspecified atom stereocenters. The number of rotatable bonds is 6. The van der Waals surface area contributed by atoms with Gasteiger partial charge in [-0.2, -0.15) is 5.10 Å². The molecule has 8 heteroatoms. The molecule has 0 saturated heterocycles. The molecule has 0 radical (unpaired) electrons. The van der Waals surface area contributed by atoms with E-state index in [1.165, 1.54) is 38.9 Å². The summed E-state index contributed by atoms with van der Waals surface area (Å²) in [5.41, 5.74) is 4.29. The van der Waals surface area contributed by atoms with Crippen LogP contribution in [-0.4, -0.2) is 33.5 Å². The number of ether oxygens (including phenoxy) is 3. The first-order valence-corrected chi connectivity index (χ1v) is 9.50. The van der Waals surface area contributed by atoms with Crippen LogP contribution in [-0.2, 0) is 0 Å². The van der Waals surface area contributed by atoms with Crippen molar-refractivity contribution >= 4 is 45.1 Å². The molecule has 0 fully saturated rings. The highest BCUT2D eigenvalue weighted by Gasteiger charge is 2.17. The third-order valence-corrected chi connectivity index (χ3v) is 5.71. The number of nitrogens with zero attached hydrogens (tertiary/aromatic N) is 1. The van der Waals surface area contributed by atoms with E-state index in [1.807, 2.05) is 25.1 Å². The summed E-state index contributed by atoms with van der Waals surface area (Å²) in [7, 11) is 4.60. The molecule has 1 heterocycles. The second-order valence-corrected chi connectivity index (χ2v) is 7.33. The number of aryl methyl sites for hydroxylation is 1. The van der Waals surface area contributed by atoms with E-state index >= 15 is 0 Å². The van der Waals surface area contributed by atoms with Gasteiger partial charge in [-0.1, -0.05) is 23.7 Å². The molecule has 0 spiro atoms. The maximum absolute atomic E-state index is 12.5. The van der Waals surface area contributed by atoms with E-state index in [1.54, 1.807) is 12.1 Å². The van der Waals surface area contributed by atoms with E-state index in [0.717, 1.165) is 15.6 Å². The van der Waals surface area contributed by atoms with Crippen LogP contribution >= 0.6 is 22.9 Å². The van der Waals surface area contributed by atoms with E-state index in [0.29, 0.717) is 32.7 Å². The molecule has 1 amide bonds. The third kappa shape index (κ3) is 3.90. The van der Waals surface area contributed by atoms with E-state index in [9.17, 15) is 4.79 Å². The van der Waals surface area contributed by atoms with Crippen molar-refractivity contribution in [2.24, 2.45) is 5.10 Å². The Kier molecular flexibility index (Phi) is 6.06. The summed E-state index contributed by atoms with van der Waals surface area (Å²) in [6.07, 6.45) is 1.49. The highest BCUT2D eigenvalue weighted by Crippen LogP contribution is 2.38. The van der Waals surface area contributed by atoms with Crippen molar-refractivity contribution < 1.29 is 19.0 Å². The summed E-state index contributed by atoms with van der Waals surface area (Å²) in [5.74, 6) is 1.11. The van der Waals surface area contributed by atoms with Crippen LogP contribution < -0.4 is 19.6 Å². The summed E-state index contributed by atoms with van der Waals surface area (Å²) < 4.78 is 16.9. The van der Waals surface area contributed by atoms with Crippen LogP contribution in [0, 0.1) is 6.92 Å². The predicted octanol–water partition coefficient (Wildman–Crippen LogP) is 4.65. The van der Waals surface area contributed by atoms with E-state index in [-0.39, 0.29) is 5.91 Å². The Morgan fingerprint density at radius 3 is 2.39 bits per heavy atom. The van der Waals surface area contributed by atoms with Gasteiger partial charge in [-0.25, -0.2) is 5.43 Å². The van der Waals surface area contributed by atoms with Gasteiger partial charge in [0.15, 0.2) is 11.5 Å². The first-order valence-electron chi connectivity index (χ1n) is 8.30. The summed E-state index contributed by atoms with van der Waals surface area (Å²) in [6.45, 7) is 1.99. The van der Waals surface area contributed by atoms with Crippen LogP contribution in [0.4, 0.5) is 0 Å². The van der Waals surface area contributed by atoms with Gasteiger partial charge in [0.25, 0.3) is 5.91 Å². The van der Waals surface area contributed by atoms with Crippen molar-refractivity contribution in [2.75, 3.05) is 21.3 Å². The fourth-order valence-electron chi connectivity index (χ4n) is 2.71. The molecule has 0 bridgehead atoms. The highest BCUT2D eigenvalue weighted by molar-refractivity contribution is 7.21. The van der Waals surface area contributed by atoms with E-state index < -0.39 is 0 Å². The van der Waals surface area contributed by atoms with Crippen molar-refractivity contribution in [2.45, 2.75) is 6.92 Å². The number of methoxy groups -OCH3 is 3. The number of hydrogen-bond acceptors (Lipinski definition) is 6. The number of carbonyl (C=O) groups excluding carboxylic acids is 1. The fourth-order valence-corrected chi connectivity index (χ4v) is 4.22. The Morgan fingerprint density at radius 2 is 1.79 bits per heavy atom. The van der Waals surface area contributed by atoms with Crippen molar-refractivity contribution in [1.82, 2.24) is 5.43 Å². The lowest BCUT2D eigenvalue weighted by atomic mass is 10.2. The quantitative estimate of drug-likeness (QED) is 0.467. The Hall–Kier alpha value is -2.77. The lowest BCUT2D eigenvalue weighted by Crippen LogP contribution is -2.16. The SMILES string of the molecule is COc1cc(/C=N/NC(=O)c2sc3cc(C)ccc3c2Cl)cc(OC)c1OC. The van der Waals surface area contributed by atoms with Crippen LogP contribution in [0.3, 0.4) is 0 Å². The Balaban J connectivity index is 1.81. The highest BCUT2D eigenvalue weighted by atomic mass is 35.5. The maximum atomic E-state index is 12.5. The summed E-state index contributed by atoms with van der Waals surface area (Å²) in [6, 6.07) is 9.34. The number of benzene rings is 2. The lowest BCUT2D eigenvalue weighted by Gasteiger charge is -2.12. The molecule has 3 rings (SSSR count). The van der Waals surface area contributed by atoms with Crippen LogP contribution in [0.15, 0.2) is 35.4 Å². The number of hydrogen-bond donors (Lipinski definition) is 1. The Morgan fingerprint density at radius 1 is 1.11 bits per heavy atom. The van der Waals surface area contributed by atoms with Gasteiger partial charge in [0.1, 0.15) is 4.88 Å². The number of amides is 1. The second-order valence-electron chi connectivity index (χ2n) is 5.90. The zero-order valence-corrected chi connectivity index (χ0v) is 17.4. The fraction of sp³-hybridized carbons (Fsp3) is 0.200. The molecule has 0 aliphatic rings. The van der Waals surface area contributed by atoms with Crippen LogP contribution in [0.5, 0.6) is 17.2 Å². The van der Waals surface area contributed by atoms with E-state index in [2.05, 4.69) is 10.5 Å². The number of fused-ring (bicyclic) bond motifs is 1. The minimum absolute atomic E-state index is 0.368. The minimum Gasteiger partial charge on any atom is -0.493 e. The van der Waals surface area contributed by atoms with Gasteiger partial charge in [-0.3, -0.25) is 4.79 Å². The molecule has 0 aliphatic carbocycles. The standard InChI is InChI=1S/C20H19ClN2O4S/c1-11-5-6-13-16(7-11)28-19(17(13)21)20(24)23-22-10-12-8-14(25-2)18(27-4)15(9-12)26-3/h5-10H,1-4H3,(H,23,24)/b22-10+. The average molecular weight is 419 g/mol. The van der Waals surface area contributed by atoms with Crippen LogP contribution in [0.25, 0.3) is 10.1 Å². The smallest absolute Gasteiger partial charge is 0.283 e. The Bertz CT molecular complexity index is 1040. The predicted molar refractivity (Wildman–Crippen MR) is 113 cm³/mol. The summed E-state index contributed by atoms with van der Waals surface area (Å²) >= 11 is 7.70. The van der Waals surface area contributed by atoms with Crippen molar-refractivity contribution in [3.8, 4) is 17.2 Å². The molecule has 0 atom stereocenters. The summed E-state index contributed by atoms with van der Waals surface area (Å²) in [5, 5.41) is 5.31. The van der Waals surface area contributed by atoms with Gasteiger partial charge in [0, 0.05) is 15.6 Å². The van der Waals surface area contributed by atoms with Crippen molar-refractivity contribution in [3.63, 3.8) is 0 Å². The molecule has 1 N–H and O–H groups in total.